The molecule has 2 aromatic heterocycles. The van der Waals surface area contributed by atoms with Gasteiger partial charge in [0.15, 0.2) is 11.5 Å². The largest absolute Gasteiger partial charge is 0.447 e. The molecule has 5 heterocycles. The Balaban J connectivity index is 1.29. The van der Waals surface area contributed by atoms with Crippen LogP contribution in [0.1, 0.15) is 45.6 Å². The lowest BCUT2D eigenvalue weighted by molar-refractivity contribution is 0.0303. The Bertz CT molecular complexity index is 1410. The van der Waals surface area contributed by atoms with Crippen molar-refractivity contribution in [1.82, 2.24) is 30.0 Å². The number of nitrogens with zero attached hydrogens (tertiary/aromatic N) is 6. The van der Waals surface area contributed by atoms with Crippen LogP contribution in [-0.4, -0.2) is 99.5 Å². The Labute approximate surface area is 244 Å². The predicted molar refractivity (Wildman–Crippen MR) is 156 cm³/mol. The standard InChI is InChI=1S/C29H38N8O5/c1-18(2)41-29(40)35-12-9-21(10-13-35)37-27-24(15-31-37)26(36-16-22-7-8-23(17-36)42-22)33-25(34-27)19-3-5-20(6-4-19)32-28(39)30-11-14-38/h3-6,15,18,21-23,38H,7-14,16-17H2,1-2H3,(H2,30,32,39). The number of carbonyl (C=O) groups excluding carboxylic acids is 2. The molecule has 3 saturated heterocycles. The highest BCUT2D eigenvalue weighted by molar-refractivity contribution is 5.90. The molecule has 1 aromatic carbocycles. The van der Waals surface area contributed by atoms with Gasteiger partial charge in [-0.05, 0) is 63.8 Å². The molecule has 3 amide bonds. The maximum atomic E-state index is 12.4. The third-order valence-corrected chi connectivity index (χ3v) is 7.98. The van der Waals surface area contributed by atoms with E-state index >= 15 is 0 Å². The molecule has 3 N–H and O–H groups in total. The van der Waals surface area contributed by atoms with Gasteiger partial charge in [0, 0.05) is 44.0 Å². The molecule has 0 saturated carbocycles. The highest BCUT2D eigenvalue weighted by Gasteiger charge is 2.36. The molecule has 3 aliphatic heterocycles. The third-order valence-electron chi connectivity index (χ3n) is 7.98. The number of hydrogen-bond acceptors (Lipinski definition) is 9. The molecule has 13 heteroatoms. The molecule has 0 spiro atoms. The fraction of sp³-hybridized carbons (Fsp3) is 0.552. The zero-order valence-corrected chi connectivity index (χ0v) is 24.0. The van der Waals surface area contributed by atoms with Crippen molar-refractivity contribution >= 4 is 34.7 Å². The van der Waals surface area contributed by atoms with Gasteiger partial charge in [-0.15, -0.1) is 0 Å². The van der Waals surface area contributed by atoms with Gasteiger partial charge < -0.3 is 35.0 Å². The van der Waals surface area contributed by atoms with Crippen LogP contribution in [0.3, 0.4) is 0 Å². The van der Waals surface area contributed by atoms with Crippen LogP contribution < -0.4 is 15.5 Å². The average Bonchev–Trinajstić information content (AvgIpc) is 3.57. The summed E-state index contributed by atoms with van der Waals surface area (Å²) in [6.07, 6.45) is 5.45. The summed E-state index contributed by atoms with van der Waals surface area (Å²) in [5, 5.41) is 20.0. The minimum Gasteiger partial charge on any atom is -0.447 e. The van der Waals surface area contributed by atoms with Crippen molar-refractivity contribution in [3.8, 4) is 11.4 Å². The topological polar surface area (TPSA) is 147 Å². The number of aromatic nitrogens is 4. The van der Waals surface area contributed by atoms with E-state index in [1.807, 2.05) is 36.9 Å². The second kappa shape index (κ2) is 12.1. The summed E-state index contributed by atoms with van der Waals surface area (Å²) in [6.45, 7) is 6.50. The average molecular weight is 579 g/mol. The Morgan fingerprint density at radius 3 is 2.45 bits per heavy atom. The number of urea groups is 1. The van der Waals surface area contributed by atoms with Crippen molar-refractivity contribution < 1.29 is 24.2 Å². The zero-order valence-electron chi connectivity index (χ0n) is 24.0. The van der Waals surface area contributed by atoms with Gasteiger partial charge in [0.2, 0.25) is 0 Å². The second-order valence-electron chi connectivity index (χ2n) is 11.4. The van der Waals surface area contributed by atoms with Crippen LogP contribution in [0, 0.1) is 0 Å². The molecule has 2 unspecified atom stereocenters. The van der Waals surface area contributed by atoms with E-state index in [0.29, 0.717) is 24.6 Å². The molecule has 42 heavy (non-hydrogen) atoms. The Kier molecular flexibility index (Phi) is 8.11. The van der Waals surface area contributed by atoms with Crippen LogP contribution in [0.4, 0.5) is 21.1 Å². The number of benzene rings is 1. The molecule has 2 bridgehead atoms. The molecule has 0 radical (unpaired) electrons. The van der Waals surface area contributed by atoms with Gasteiger partial charge in [0.1, 0.15) is 5.82 Å². The second-order valence-corrected chi connectivity index (χ2v) is 11.4. The van der Waals surface area contributed by atoms with Gasteiger partial charge >= 0.3 is 12.1 Å². The van der Waals surface area contributed by atoms with E-state index in [2.05, 4.69) is 15.5 Å². The van der Waals surface area contributed by atoms with Crippen LogP contribution in [0.25, 0.3) is 22.4 Å². The maximum absolute atomic E-state index is 12.4. The molecule has 0 aliphatic carbocycles. The first-order chi connectivity index (χ1) is 20.4. The van der Waals surface area contributed by atoms with E-state index in [1.54, 1.807) is 17.0 Å². The first kappa shape index (κ1) is 28.2. The summed E-state index contributed by atoms with van der Waals surface area (Å²) in [4.78, 5) is 38.6. The molecule has 6 rings (SSSR count). The van der Waals surface area contributed by atoms with Crippen molar-refractivity contribution in [3.05, 3.63) is 30.5 Å². The molecule has 224 valence electrons. The number of fused-ring (bicyclic) bond motifs is 3. The first-order valence-corrected chi connectivity index (χ1v) is 14.8. The summed E-state index contributed by atoms with van der Waals surface area (Å²) in [7, 11) is 0. The van der Waals surface area contributed by atoms with Crippen molar-refractivity contribution in [2.45, 2.75) is 63.9 Å². The number of aliphatic hydroxyl groups is 1. The van der Waals surface area contributed by atoms with E-state index in [9.17, 15) is 9.59 Å². The molecular weight excluding hydrogens is 540 g/mol. The number of nitrogens with one attached hydrogen (secondary N) is 2. The Morgan fingerprint density at radius 2 is 1.79 bits per heavy atom. The summed E-state index contributed by atoms with van der Waals surface area (Å²) >= 11 is 0. The third kappa shape index (κ3) is 5.97. The van der Waals surface area contributed by atoms with Gasteiger partial charge in [-0.25, -0.2) is 24.2 Å². The number of likely N-dealkylation sites (tertiary alicyclic amines) is 1. The van der Waals surface area contributed by atoms with E-state index in [-0.39, 0.29) is 49.6 Å². The lowest BCUT2D eigenvalue weighted by atomic mass is 10.1. The lowest BCUT2D eigenvalue weighted by Gasteiger charge is -2.33. The molecule has 3 aliphatic rings. The fourth-order valence-corrected chi connectivity index (χ4v) is 5.95. The highest BCUT2D eigenvalue weighted by atomic mass is 16.6. The number of hydrogen-bond donors (Lipinski definition) is 3. The van der Waals surface area contributed by atoms with Gasteiger partial charge in [-0.2, -0.15) is 5.10 Å². The minimum absolute atomic E-state index is 0.0890. The number of carbonyl (C=O) groups is 2. The quantitative estimate of drug-likeness (QED) is 0.385. The normalized spacial score (nSPS) is 20.8. The lowest BCUT2D eigenvalue weighted by Crippen LogP contribution is -2.43. The number of anilines is 2. The number of ether oxygens (including phenoxy) is 2. The van der Waals surface area contributed by atoms with Crippen LogP contribution in [0.5, 0.6) is 0 Å². The van der Waals surface area contributed by atoms with E-state index in [4.69, 9.17) is 29.6 Å². The number of rotatable bonds is 7. The van der Waals surface area contributed by atoms with E-state index in [0.717, 1.165) is 61.2 Å². The SMILES string of the molecule is CC(C)OC(=O)N1CCC(n2ncc3c(N4CC5CCC(C4)O5)nc(-c4ccc(NC(=O)NCCO)cc4)nc32)CC1. The van der Waals surface area contributed by atoms with Gasteiger partial charge in [0.25, 0.3) is 0 Å². The van der Waals surface area contributed by atoms with E-state index < -0.39 is 0 Å². The number of amides is 3. The minimum atomic E-state index is -0.383. The number of morpholine rings is 1. The number of aliphatic hydroxyl groups excluding tert-OH is 1. The van der Waals surface area contributed by atoms with Gasteiger partial charge in [-0.3, -0.25) is 0 Å². The van der Waals surface area contributed by atoms with Crippen LogP contribution in [0.2, 0.25) is 0 Å². The Hall–Kier alpha value is -3.97. The molecule has 3 aromatic rings. The van der Waals surface area contributed by atoms with Crippen LogP contribution in [-0.2, 0) is 9.47 Å². The molecule has 13 nitrogen and oxygen atoms in total. The number of piperidine rings is 1. The fourth-order valence-electron chi connectivity index (χ4n) is 5.95. The summed E-state index contributed by atoms with van der Waals surface area (Å²) in [6, 6.07) is 7.08. The van der Waals surface area contributed by atoms with Gasteiger partial charge in [-0.1, -0.05) is 0 Å². The van der Waals surface area contributed by atoms with Crippen LogP contribution >= 0.6 is 0 Å². The van der Waals surface area contributed by atoms with Crippen LogP contribution in [0.15, 0.2) is 30.5 Å². The highest BCUT2D eigenvalue weighted by Crippen LogP contribution is 2.35. The van der Waals surface area contributed by atoms with E-state index in [1.165, 1.54) is 0 Å². The Morgan fingerprint density at radius 1 is 1.07 bits per heavy atom. The predicted octanol–water partition coefficient (Wildman–Crippen LogP) is 3.16. The van der Waals surface area contributed by atoms with Crippen molar-refractivity contribution in [3.63, 3.8) is 0 Å². The van der Waals surface area contributed by atoms with Crippen molar-refractivity contribution in [1.29, 1.82) is 0 Å². The summed E-state index contributed by atoms with van der Waals surface area (Å²) in [5.74, 6) is 1.43. The smallest absolute Gasteiger partial charge is 0.410 e. The molecule has 2 atom stereocenters. The van der Waals surface area contributed by atoms with Crippen molar-refractivity contribution in [2.75, 3.05) is 49.5 Å². The zero-order chi connectivity index (χ0) is 29.2. The summed E-state index contributed by atoms with van der Waals surface area (Å²) < 4.78 is 13.5. The van der Waals surface area contributed by atoms with Gasteiger partial charge in [0.05, 0.1) is 42.5 Å². The van der Waals surface area contributed by atoms with Crippen molar-refractivity contribution in [2.24, 2.45) is 0 Å². The summed E-state index contributed by atoms with van der Waals surface area (Å²) in [5.41, 5.74) is 2.20. The molecular formula is C29H38N8O5. The first-order valence-electron chi connectivity index (χ1n) is 14.8. The maximum Gasteiger partial charge on any atom is 0.410 e. The molecule has 3 fully saturated rings. The monoisotopic (exact) mass is 578 g/mol.